The average Bonchev–Trinajstić information content (AvgIpc) is 2.79. The Morgan fingerprint density at radius 3 is 2.30 bits per heavy atom. The van der Waals surface area contributed by atoms with Gasteiger partial charge in [-0.25, -0.2) is 18.4 Å². The number of hydrogen-bond donors (Lipinski definition) is 1. The third kappa shape index (κ3) is 4.94. The summed E-state index contributed by atoms with van der Waals surface area (Å²) in [5.74, 6) is -1.25. The highest BCUT2D eigenvalue weighted by molar-refractivity contribution is 7.89. The number of nitrogens with zero attached hydrogens (tertiary/aromatic N) is 4. The zero-order valence-electron chi connectivity index (χ0n) is 18.2. The van der Waals surface area contributed by atoms with Gasteiger partial charge in [-0.15, -0.1) is 0 Å². The first-order valence-corrected chi connectivity index (χ1v) is 11.9. The SMILES string of the molecule is CN1CCC(N(C)S(=O)(=O)c2ccc(Nc3nc(C(F)(F)F)nc4ccccc34)cc2)CC1. The number of rotatable bonds is 5. The molecular formula is C22H24F3N5O2S. The minimum Gasteiger partial charge on any atom is -0.340 e. The molecule has 0 atom stereocenters. The third-order valence-electron chi connectivity index (χ3n) is 5.85. The molecule has 0 aliphatic carbocycles. The second-order valence-corrected chi connectivity index (χ2v) is 10.1. The van der Waals surface area contributed by atoms with E-state index in [1.54, 1.807) is 25.2 Å². The van der Waals surface area contributed by atoms with E-state index in [1.807, 2.05) is 7.05 Å². The summed E-state index contributed by atoms with van der Waals surface area (Å²) >= 11 is 0. The number of para-hydroxylation sites is 1. The van der Waals surface area contributed by atoms with Crippen LogP contribution >= 0.6 is 0 Å². The van der Waals surface area contributed by atoms with Gasteiger partial charge in [-0.1, -0.05) is 12.1 Å². The van der Waals surface area contributed by atoms with E-state index in [0.717, 1.165) is 25.9 Å². The van der Waals surface area contributed by atoms with E-state index in [0.29, 0.717) is 11.1 Å². The summed E-state index contributed by atoms with van der Waals surface area (Å²) in [7, 11) is -0.0984. The number of aromatic nitrogens is 2. The molecule has 0 unspecified atom stereocenters. The Bertz CT molecular complexity index is 1240. The third-order valence-corrected chi connectivity index (χ3v) is 7.78. The smallest absolute Gasteiger partial charge is 0.340 e. The topological polar surface area (TPSA) is 78.4 Å². The number of fused-ring (bicyclic) bond motifs is 1. The molecule has 1 aliphatic heterocycles. The lowest BCUT2D eigenvalue weighted by Crippen LogP contribution is -2.44. The highest BCUT2D eigenvalue weighted by atomic mass is 32.2. The van der Waals surface area contributed by atoms with E-state index < -0.39 is 22.0 Å². The molecule has 3 aromatic rings. The first kappa shape index (κ1) is 23.4. The van der Waals surface area contributed by atoms with Crippen LogP contribution in [0.25, 0.3) is 10.9 Å². The van der Waals surface area contributed by atoms with Gasteiger partial charge in [0, 0.05) is 24.2 Å². The van der Waals surface area contributed by atoms with Crippen molar-refractivity contribution in [2.45, 2.75) is 30.0 Å². The van der Waals surface area contributed by atoms with E-state index in [-0.39, 0.29) is 22.3 Å². The van der Waals surface area contributed by atoms with Crippen molar-refractivity contribution in [3.63, 3.8) is 0 Å². The van der Waals surface area contributed by atoms with Crippen molar-refractivity contribution in [3.05, 3.63) is 54.4 Å². The Kier molecular flexibility index (Phi) is 6.30. The zero-order valence-corrected chi connectivity index (χ0v) is 19.0. The van der Waals surface area contributed by atoms with Crippen LogP contribution in [0.4, 0.5) is 24.7 Å². The van der Waals surface area contributed by atoms with Crippen LogP contribution in [0.2, 0.25) is 0 Å². The maximum atomic E-state index is 13.2. The standard InChI is InChI=1S/C22H24F3N5O2S/c1-29-13-11-16(12-14-29)30(2)33(31,32)17-9-7-15(8-10-17)26-20-18-5-3-4-6-19(18)27-21(28-20)22(23,24)25/h3-10,16H,11-14H2,1-2H3,(H,26,27,28). The molecule has 7 nitrogen and oxygen atoms in total. The van der Waals surface area contributed by atoms with Crippen LogP contribution in [0.15, 0.2) is 53.4 Å². The van der Waals surface area contributed by atoms with Crippen LogP contribution in [0.1, 0.15) is 18.7 Å². The molecule has 33 heavy (non-hydrogen) atoms. The highest BCUT2D eigenvalue weighted by Gasteiger charge is 2.35. The molecule has 0 radical (unpaired) electrons. The molecule has 0 spiro atoms. The first-order valence-electron chi connectivity index (χ1n) is 10.4. The zero-order chi connectivity index (χ0) is 23.8. The van der Waals surface area contributed by atoms with E-state index >= 15 is 0 Å². The Morgan fingerprint density at radius 2 is 1.67 bits per heavy atom. The molecule has 11 heteroatoms. The fourth-order valence-electron chi connectivity index (χ4n) is 3.87. The van der Waals surface area contributed by atoms with Crippen LogP contribution in [0.5, 0.6) is 0 Å². The maximum absolute atomic E-state index is 13.2. The van der Waals surface area contributed by atoms with Gasteiger partial charge in [0.05, 0.1) is 10.4 Å². The summed E-state index contributed by atoms with van der Waals surface area (Å²) in [6, 6.07) is 12.2. The molecule has 0 saturated carbocycles. The highest BCUT2D eigenvalue weighted by Crippen LogP contribution is 2.32. The summed E-state index contributed by atoms with van der Waals surface area (Å²) in [6.07, 6.45) is -3.18. The van der Waals surface area contributed by atoms with Gasteiger partial charge in [0.2, 0.25) is 15.8 Å². The lowest BCUT2D eigenvalue weighted by Gasteiger charge is -2.34. The average molecular weight is 480 g/mol. The van der Waals surface area contributed by atoms with Crippen molar-refractivity contribution in [1.82, 2.24) is 19.2 Å². The van der Waals surface area contributed by atoms with Crippen molar-refractivity contribution in [2.75, 3.05) is 32.5 Å². The van der Waals surface area contributed by atoms with Crippen LogP contribution in [0, 0.1) is 0 Å². The van der Waals surface area contributed by atoms with Gasteiger partial charge in [-0.2, -0.15) is 17.5 Å². The number of nitrogens with one attached hydrogen (secondary N) is 1. The van der Waals surface area contributed by atoms with Gasteiger partial charge < -0.3 is 10.2 Å². The van der Waals surface area contributed by atoms with Gasteiger partial charge in [-0.3, -0.25) is 0 Å². The lowest BCUT2D eigenvalue weighted by atomic mass is 10.1. The fraction of sp³-hybridized carbons (Fsp3) is 0.364. The summed E-state index contributed by atoms with van der Waals surface area (Å²) in [6.45, 7) is 1.67. The summed E-state index contributed by atoms with van der Waals surface area (Å²) < 4.78 is 67.3. The molecule has 4 rings (SSSR count). The largest absolute Gasteiger partial charge is 0.451 e. The second kappa shape index (κ2) is 8.88. The lowest BCUT2D eigenvalue weighted by molar-refractivity contribution is -0.144. The van der Waals surface area contributed by atoms with Crippen molar-refractivity contribution in [3.8, 4) is 0 Å². The number of benzene rings is 2. The Labute approximate surface area is 190 Å². The van der Waals surface area contributed by atoms with E-state index in [2.05, 4.69) is 20.2 Å². The molecule has 1 fully saturated rings. The quantitative estimate of drug-likeness (QED) is 0.594. The molecule has 2 aromatic carbocycles. The predicted octanol–water partition coefficient (Wildman–Crippen LogP) is 4.11. The molecule has 0 amide bonds. The Morgan fingerprint density at radius 1 is 1.03 bits per heavy atom. The Balaban J connectivity index is 1.59. The normalized spacial score (nSPS) is 16.4. The molecule has 1 saturated heterocycles. The molecule has 1 N–H and O–H groups in total. The van der Waals surface area contributed by atoms with E-state index in [4.69, 9.17) is 0 Å². The number of halogens is 3. The Hall–Kier alpha value is -2.76. The minimum absolute atomic E-state index is 0.00743. The molecule has 0 bridgehead atoms. The fourth-order valence-corrected chi connectivity index (χ4v) is 5.28. The van der Waals surface area contributed by atoms with Crippen molar-refractivity contribution < 1.29 is 21.6 Å². The number of hydrogen-bond acceptors (Lipinski definition) is 6. The van der Waals surface area contributed by atoms with E-state index in [1.165, 1.54) is 34.6 Å². The number of piperidine rings is 1. The number of alkyl halides is 3. The second-order valence-electron chi connectivity index (χ2n) is 8.12. The van der Waals surface area contributed by atoms with Crippen LogP contribution in [-0.2, 0) is 16.2 Å². The molecule has 1 aliphatic rings. The van der Waals surface area contributed by atoms with Gasteiger partial charge in [0.15, 0.2) is 0 Å². The van der Waals surface area contributed by atoms with Gasteiger partial charge in [0.1, 0.15) is 5.82 Å². The van der Waals surface area contributed by atoms with Crippen LogP contribution in [0.3, 0.4) is 0 Å². The first-order chi connectivity index (χ1) is 15.6. The molecular weight excluding hydrogens is 455 g/mol. The van der Waals surface area contributed by atoms with E-state index in [9.17, 15) is 21.6 Å². The van der Waals surface area contributed by atoms with Crippen LogP contribution < -0.4 is 5.32 Å². The monoisotopic (exact) mass is 479 g/mol. The molecule has 1 aromatic heterocycles. The van der Waals surface area contributed by atoms with Crippen molar-refractivity contribution in [1.29, 1.82) is 0 Å². The molecule has 2 heterocycles. The summed E-state index contributed by atoms with van der Waals surface area (Å²) in [5, 5.41) is 3.29. The number of anilines is 2. The predicted molar refractivity (Wildman–Crippen MR) is 120 cm³/mol. The molecule has 176 valence electrons. The van der Waals surface area contributed by atoms with Crippen molar-refractivity contribution >= 4 is 32.4 Å². The summed E-state index contributed by atoms with van der Waals surface area (Å²) in [4.78, 5) is 9.54. The van der Waals surface area contributed by atoms with Gasteiger partial charge >= 0.3 is 6.18 Å². The van der Waals surface area contributed by atoms with Crippen molar-refractivity contribution in [2.24, 2.45) is 0 Å². The number of likely N-dealkylation sites (tertiary alicyclic amines) is 1. The maximum Gasteiger partial charge on any atom is 0.451 e. The van der Waals surface area contributed by atoms with Gasteiger partial charge in [0.25, 0.3) is 0 Å². The van der Waals surface area contributed by atoms with Gasteiger partial charge in [-0.05, 0) is 69.4 Å². The minimum atomic E-state index is -4.70. The number of sulfonamides is 1. The summed E-state index contributed by atoms with van der Waals surface area (Å²) in [5.41, 5.74) is 0.564. The van der Waals surface area contributed by atoms with Crippen LogP contribution in [-0.4, -0.2) is 60.8 Å².